The average molecular weight is 226 g/mol. The summed E-state index contributed by atoms with van der Waals surface area (Å²) in [7, 11) is 0. The van der Waals surface area contributed by atoms with Crippen molar-refractivity contribution in [2.45, 2.75) is 12.3 Å². The Hall–Kier alpha value is -2.16. The Morgan fingerprint density at radius 2 is 2.12 bits per heavy atom. The van der Waals surface area contributed by atoms with Gasteiger partial charge in [-0.15, -0.1) is 6.58 Å². The highest BCUT2D eigenvalue weighted by molar-refractivity contribution is 5.83. The van der Waals surface area contributed by atoms with Crippen molar-refractivity contribution in [3.05, 3.63) is 54.7 Å². The molecule has 0 aliphatic rings. The topological polar surface area (TPSA) is 56.0 Å². The second-order valence-electron chi connectivity index (χ2n) is 3.91. The first-order chi connectivity index (χ1) is 8.22. The van der Waals surface area contributed by atoms with E-state index in [9.17, 15) is 4.79 Å². The van der Waals surface area contributed by atoms with Crippen LogP contribution in [0, 0.1) is 0 Å². The van der Waals surface area contributed by atoms with E-state index >= 15 is 0 Å². The van der Waals surface area contributed by atoms with E-state index in [0.717, 1.165) is 10.9 Å². The number of carbonyl (C=O) groups excluding carboxylic acids is 1. The fourth-order valence-corrected chi connectivity index (χ4v) is 1.83. The van der Waals surface area contributed by atoms with Crippen molar-refractivity contribution < 1.29 is 4.79 Å². The van der Waals surface area contributed by atoms with Gasteiger partial charge in [0.1, 0.15) is 0 Å². The maximum Gasteiger partial charge on any atom is 0.226 e. The van der Waals surface area contributed by atoms with E-state index in [4.69, 9.17) is 5.73 Å². The summed E-state index contributed by atoms with van der Waals surface area (Å²) in [5.74, 6) is -0.759. The monoisotopic (exact) mass is 226 g/mol. The molecule has 0 saturated heterocycles. The van der Waals surface area contributed by atoms with Gasteiger partial charge in [-0.3, -0.25) is 9.78 Å². The number of benzene rings is 1. The van der Waals surface area contributed by atoms with Crippen molar-refractivity contribution in [3.8, 4) is 0 Å². The standard InChI is InChI=1S/C14H14N2O/c1-2-5-11(14(15)17)13-9-8-10-6-3-4-7-12(10)16-13/h2-4,6-9,11H,1,5H2,(H2,15,17). The number of nitrogens with zero attached hydrogens (tertiary/aromatic N) is 1. The predicted octanol–water partition coefficient (Wildman–Crippen LogP) is 2.38. The van der Waals surface area contributed by atoms with Crippen molar-refractivity contribution in [1.82, 2.24) is 4.98 Å². The lowest BCUT2D eigenvalue weighted by Crippen LogP contribution is -2.21. The van der Waals surface area contributed by atoms with Gasteiger partial charge in [0, 0.05) is 5.39 Å². The lowest BCUT2D eigenvalue weighted by molar-refractivity contribution is -0.119. The number of allylic oxidation sites excluding steroid dienone is 1. The molecule has 0 spiro atoms. The van der Waals surface area contributed by atoms with Gasteiger partial charge in [0.2, 0.25) is 5.91 Å². The van der Waals surface area contributed by atoms with E-state index in [1.807, 2.05) is 36.4 Å². The number of primary amides is 1. The zero-order chi connectivity index (χ0) is 12.3. The predicted molar refractivity (Wildman–Crippen MR) is 68.5 cm³/mol. The summed E-state index contributed by atoms with van der Waals surface area (Å²) in [6.07, 6.45) is 2.20. The number of amides is 1. The van der Waals surface area contributed by atoms with E-state index in [-0.39, 0.29) is 5.91 Å². The first kappa shape index (κ1) is 11.3. The molecule has 17 heavy (non-hydrogen) atoms. The Labute approximate surface area is 100.0 Å². The largest absolute Gasteiger partial charge is 0.369 e. The Kier molecular flexibility index (Phi) is 3.19. The molecule has 0 fully saturated rings. The van der Waals surface area contributed by atoms with Crippen LogP contribution in [0.4, 0.5) is 0 Å². The maximum absolute atomic E-state index is 11.4. The number of rotatable bonds is 4. The summed E-state index contributed by atoms with van der Waals surface area (Å²) < 4.78 is 0. The number of aromatic nitrogens is 1. The van der Waals surface area contributed by atoms with E-state index in [2.05, 4.69) is 11.6 Å². The van der Waals surface area contributed by atoms with Crippen LogP contribution in [0.1, 0.15) is 18.0 Å². The van der Waals surface area contributed by atoms with Gasteiger partial charge >= 0.3 is 0 Å². The zero-order valence-corrected chi connectivity index (χ0v) is 9.47. The van der Waals surface area contributed by atoms with Crippen LogP contribution in [0.25, 0.3) is 10.9 Å². The van der Waals surface area contributed by atoms with Crippen LogP contribution in [0.5, 0.6) is 0 Å². The Morgan fingerprint density at radius 3 is 2.82 bits per heavy atom. The molecule has 1 heterocycles. The number of nitrogens with two attached hydrogens (primary N) is 1. The first-order valence-electron chi connectivity index (χ1n) is 5.48. The van der Waals surface area contributed by atoms with Gasteiger partial charge in [0.15, 0.2) is 0 Å². The second-order valence-corrected chi connectivity index (χ2v) is 3.91. The summed E-state index contributed by atoms with van der Waals surface area (Å²) in [4.78, 5) is 15.8. The molecule has 3 heteroatoms. The van der Waals surface area contributed by atoms with Gasteiger partial charge in [-0.05, 0) is 18.6 Å². The number of hydrogen-bond donors (Lipinski definition) is 1. The molecule has 86 valence electrons. The molecule has 1 amide bonds. The Balaban J connectivity index is 2.46. The van der Waals surface area contributed by atoms with Crippen molar-refractivity contribution in [2.75, 3.05) is 0 Å². The van der Waals surface area contributed by atoms with Crippen LogP contribution in [0.3, 0.4) is 0 Å². The van der Waals surface area contributed by atoms with Crippen molar-refractivity contribution in [3.63, 3.8) is 0 Å². The van der Waals surface area contributed by atoms with Crippen LogP contribution >= 0.6 is 0 Å². The van der Waals surface area contributed by atoms with Crippen molar-refractivity contribution >= 4 is 16.8 Å². The molecule has 1 unspecified atom stereocenters. The fraction of sp³-hybridized carbons (Fsp3) is 0.143. The summed E-state index contributed by atoms with van der Waals surface area (Å²) in [5, 5.41) is 1.05. The van der Waals surface area contributed by atoms with Crippen LogP contribution in [-0.4, -0.2) is 10.9 Å². The average Bonchev–Trinajstić information content (AvgIpc) is 2.35. The minimum absolute atomic E-state index is 0.368. The molecular formula is C14H14N2O. The van der Waals surface area contributed by atoms with Gasteiger partial charge in [-0.2, -0.15) is 0 Å². The van der Waals surface area contributed by atoms with E-state index in [1.54, 1.807) is 6.08 Å². The van der Waals surface area contributed by atoms with Crippen LogP contribution in [0.15, 0.2) is 49.1 Å². The molecular weight excluding hydrogens is 212 g/mol. The van der Waals surface area contributed by atoms with Gasteiger partial charge in [-0.1, -0.05) is 30.3 Å². The number of pyridine rings is 1. The third-order valence-corrected chi connectivity index (χ3v) is 2.72. The third-order valence-electron chi connectivity index (χ3n) is 2.72. The number of fused-ring (bicyclic) bond motifs is 1. The second kappa shape index (κ2) is 4.78. The number of para-hydroxylation sites is 1. The van der Waals surface area contributed by atoms with Crippen molar-refractivity contribution in [1.29, 1.82) is 0 Å². The maximum atomic E-state index is 11.4. The summed E-state index contributed by atoms with van der Waals surface area (Å²) in [6, 6.07) is 11.6. The van der Waals surface area contributed by atoms with Crippen LogP contribution < -0.4 is 5.73 Å². The molecule has 0 radical (unpaired) electrons. The molecule has 2 rings (SSSR count). The molecule has 0 aliphatic carbocycles. The fourth-order valence-electron chi connectivity index (χ4n) is 1.83. The summed E-state index contributed by atoms with van der Waals surface area (Å²) in [6.45, 7) is 3.64. The molecule has 3 nitrogen and oxygen atoms in total. The number of hydrogen-bond acceptors (Lipinski definition) is 2. The highest BCUT2D eigenvalue weighted by Crippen LogP contribution is 2.21. The Bertz CT molecular complexity index is 563. The molecule has 1 aromatic carbocycles. The lowest BCUT2D eigenvalue weighted by atomic mass is 9.99. The third kappa shape index (κ3) is 2.33. The highest BCUT2D eigenvalue weighted by atomic mass is 16.1. The molecule has 2 aromatic rings. The van der Waals surface area contributed by atoms with Crippen LogP contribution in [0.2, 0.25) is 0 Å². The minimum atomic E-state index is -0.392. The van der Waals surface area contributed by atoms with Gasteiger partial charge in [0.25, 0.3) is 0 Å². The lowest BCUT2D eigenvalue weighted by Gasteiger charge is -2.11. The molecule has 0 aliphatic heterocycles. The highest BCUT2D eigenvalue weighted by Gasteiger charge is 2.17. The summed E-state index contributed by atoms with van der Waals surface area (Å²) >= 11 is 0. The van der Waals surface area contributed by atoms with Crippen LogP contribution in [-0.2, 0) is 4.79 Å². The first-order valence-corrected chi connectivity index (χ1v) is 5.48. The quantitative estimate of drug-likeness (QED) is 0.814. The molecule has 0 saturated carbocycles. The molecule has 1 atom stereocenters. The van der Waals surface area contributed by atoms with E-state index in [0.29, 0.717) is 12.1 Å². The summed E-state index contributed by atoms with van der Waals surface area (Å²) in [5.41, 5.74) is 6.95. The zero-order valence-electron chi connectivity index (χ0n) is 9.47. The molecule has 2 N–H and O–H groups in total. The number of carbonyl (C=O) groups is 1. The Morgan fingerprint density at radius 1 is 1.35 bits per heavy atom. The van der Waals surface area contributed by atoms with Gasteiger partial charge < -0.3 is 5.73 Å². The SMILES string of the molecule is C=CCC(C(N)=O)c1ccc2ccccc2n1. The minimum Gasteiger partial charge on any atom is -0.369 e. The molecule has 0 bridgehead atoms. The van der Waals surface area contributed by atoms with Crippen molar-refractivity contribution in [2.24, 2.45) is 5.73 Å². The normalized spacial score (nSPS) is 12.2. The molecule has 1 aromatic heterocycles. The van der Waals surface area contributed by atoms with E-state index in [1.165, 1.54) is 0 Å². The van der Waals surface area contributed by atoms with Gasteiger partial charge in [-0.25, -0.2) is 0 Å². The van der Waals surface area contributed by atoms with E-state index < -0.39 is 5.92 Å². The smallest absolute Gasteiger partial charge is 0.226 e. The van der Waals surface area contributed by atoms with Gasteiger partial charge in [0.05, 0.1) is 17.1 Å².